The van der Waals surface area contributed by atoms with Crippen LogP contribution in [0, 0.1) is 13.8 Å². The Morgan fingerprint density at radius 1 is 1.10 bits per heavy atom. The van der Waals surface area contributed by atoms with E-state index < -0.39 is 12.1 Å². The predicted molar refractivity (Wildman–Crippen MR) is 121 cm³/mol. The molecule has 0 amide bonds. The van der Waals surface area contributed by atoms with Gasteiger partial charge in [-0.05, 0) is 44.0 Å². The fourth-order valence-electron chi connectivity index (χ4n) is 3.24. The van der Waals surface area contributed by atoms with E-state index in [2.05, 4.69) is 9.97 Å². The molecule has 0 fully saturated rings. The Hall–Kier alpha value is -3.45. The lowest BCUT2D eigenvalue weighted by Gasteiger charge is -2.15. The van der Waals surface area contributed by atoms with Crippen molar-refractivity contribution >= 4 is 27.5 Å². The third kappa shape index (κ3) is 4.36. The van der Waals surface area contributed by atoms with Gasteiger partial charge in [-0.25, -0.2) is 9.78 Å². The molecule has 0 saturated heterocycles. The number of carbonyl (C=O) groups is 1. The van der Waals surface area contributed by atoms with E-state index in [1.54, 1.807) is 31.2 Å². The fourth-order valence-corrected chi connectivity index (χ4v) is 4.28. The van der Waals surface area contributed by atoms with Crippen LogP contribution in [0.25, 0.3) is 10.2 Å². The first-order valence-electron chi connectivity index (χ1n) is 9.90. The van der Waals surface area contributed by atoms with Crippen LogP contribution in [-0.4, -0.2) is 15.9 Å². The Kier molecular flexibility index (Phi) is 5.86. The summed E-state index contributed by atoms with van der Waals surface area (Å²) in [5.41, 5.74) is 2.01. The second-order valence-corrected chi connectivity index (χ2v) is 8.44. The summed E-state index contributed by atoms with van der Waals surface area (Å²) in [6.07, 6.45) is -0.727. The first-order valence-corrected chi connectivity index (χ1v) is 10.7. The van der Waals surface area contributed by atoms with Crippen LogP contribution < -0.4 is 10.3 Å². The van der Waals surface area contributed by atoms with Gasteiger partial charge in [-0.15, -0.1) is 11.3 Å². The van der Waals surface area contributed by atoms with Crippen LogP contribution in [0.2, 0.25) is 0 Å². The number of nitrogens with zero attached hydrogens (tertiary/aromatic N) is 1. The van der Waals surface area contributed by atoms with Crippen LogP contribution in [0.1, 0.15) is 45.2 Å². The van der Waals surface area contributed by atoms with Gasteiger partial charge in [0.15, 0.2) is 11.9 Å². The van der Waals surface area contributed by atoms with Gasteiger partial charge >= 0.3 is 5.97 Å². The third-order valence-electron chi connectivity index (χ3n) is 5.07. The zero-order chi connectivity index (χ0) is 22.0. The maximum absolute atomic E-state index is 12.8. The molecule has 0 bridgehead atoms. The van der Waals surface area contributed by atoms with E-state index in [4.69, 9.17) is 9.47 Å². The van der Waals surface area contributed by atoms with E-state index in [1.165, 1.54) is 11.3 Å². The molecule has 4 rings (SSSR count). The number of fused-ring (bicyclic) bond motifs is 1. The summed E-state index contributed by atoms with van der Waals surface area (Å²) in [4.78, 5) is 34.3. The standard InChI is InChI=1S/C24H22N2O4S/c1-14-16(3)31-23-20(14)22(27)25-21(26-23)15(2)30-24(28)18-11-7-8-12-19(18)29-13-17-9-5-4-6-10-17/h4-12,15H,13H2,1-3H3,(H,25,26,27). The normalized spacial score (nSPS) is 12.0. The lowest BCUT2D eigenvalue weighted by molar-refractivity contribution is 0.0315. The maximum Gasteiger partial charge on any atom is 0.342 e. The maximum atomic E-state index is 12.8. The number of benzene rings is 2. The fraction of sp³-hybridized carbons (Fsp3) is 0.208. The quantitative estimate of drug-likeness (QED) is 0.427. The highest BCUT2D eigenvalue weighted by atomic mass is 32.1. The minimum absolute atomic E-state index is 0.226. The second kappa shape index (κ2) is 8.73. The molecule has 0 aliphatic rings. The number of para-hydroxylation sites is 1. The molecule has 158 valence electrons. The van der Waals surface area contributed by atoms with E-state index in [9.17, 15) is 9.59 Å². The minimum Gasteiger partial charge on any atom is -0.488 e. The Morgan fingerprint density at radius 3 is 2.58 bits per heavy atom. The molecule has 31 heavy (non-hydrogen) atoms. The van der Waals surface area contributed by atoms with Gasteiger partial charge < -0.3 is 14.5 Å². The van der Waals surface area contributed by atoms with Gasteiger partial charge in [0, 0.05) is 4.88 Å². The van der Waals surface area contributed by atoms with Crippen molar-refractivity contribution in [2.75, 3.05) is 0 Å². The molecule has 1 atom stereocenters. The Balaban J connectivity index is 1.53. The first kappa shape index (κ1) is 20.8. The van der Waals surface area contributed by atoms with Crippen LogP contribution in [0.4, 0.5) is 0 Å². The zero-order valence-corrected chi connectivity index (χ0v) is 18.3. The number of aromatic nitrogens is 2. The van der Waals surface area contributed by atoms with Gasteiger partial charge in [-0.3, -0.25) is 4.79 Å². The number of nitrogens with one attached hydrogen (secondary N) is 1. The van der Waals surface area contributed by atoms with Crippen molar-refractivity contribution in [2.24, 2.45) is 0 Å². The van der Waals surface area contributed by atoms with E-state index in [-0.39, 0.29) is 5.56 Å². The average Bonchev–Trinajstić information content (AvgIpc) is 3.07. The summed E-state index contributed by atoms with van der Waals surface area (Å²) < 4.78 is 11.5. The van der Waals surface area contributed by atoms with Crippen LogP contribution in [0.5, 0.6) is 5.75 Å². The predicted octanol–water partition coefficient (Wildman–Crippen LogP) is 5.10. The number of carbonyl (C=O) groups excluding carboxylic acids is 1. The summed E-state index contributed by atoms with van der Waals surface area (Å²) >= 11 is 1.46. The van der Waals surface area contributed by atoms with Crippen LogP contribution in [0.3, 0.4) is 0 Å². The molecule has 1 unspecified atom stereocenters. The van der Waals surface area contributed by atoms with Gasteiger partial charge in [-0.2, -0.15) is 0 Å². The number of H-pyrrole nitrogens is 1. The lowest BCUT2D eigenvalue weighted by atomic mass is 10.2. The Morgan fingerprint density at radius 2 is 1.81 bits per heavy atom. The summed E-state index contributed by atoms with van der Waals surface area (Å²) in [6, 6.07) is 16.6. The van der Waals surface area contributed by atoms with Crippen molar-refractivity contribution < 1.29 is 14.3 Å². The van der Waals surface area contributed by atoms with Crippen LogP contribution in [0.15, 0.2) is 59.4 Å². The average molecular weight is 435 g/mol. The molecule has 4 aromatic rings. The van der Waals surface area contributed by atoms with E-state index >= 15 is 0 Å². The van der Waals surface area contributed by atoms with Crippen LogP contribution >= 0.6 is 11.3 Å². The van der Waals surface area contributed by atoms with Crippen molar-refractivity contribution in [3.8, 4) is 5.75 Å². The SMILES string of the molecule is Cc1sc2nc(C(C)OC(=O)c3ccccc3OCc3ccccc3)[nH]c(=O)c2c1C. The van der Waals surface area contributed by atoms with E-state index in [0.717, 1.165) is 16.0 Å². The monoisotopic (exact) mass is 434 g/mol. The van der Waals surface area contributed by atoms with Gasteiger partial charge in [0.05, 0.1) is 5.39 Å². The zero-order valence-electron chi connectivity index (χ0n) is 17.5. The molecule has 1 N–H and O–H groups in total. The largest absolute Gasteiger partial charge is 0.488 e. The van der Waals surface area contributed by atoms with Crippen molar-refractivity contribution in [2.45, 2.75) is 33.5 Å². The first-order chi connectivity index (χ1) is 14.9. The molecule has 0 saturated carbocycles. The highest BCUT2D eigenvalue weighted by molar-refractivity contribution is 7.18. The van der Waals surface area contributed by atoms with E-state index in [1.807, 2.05) is 44.2 Å². The summed E-state index contributed by atoms with van der Waals surface area (Å²) in [5, 5.41) is 0.587. The number of ether oxygens (including phenoxy) is 2. The summed E-state index contributed by atoms with van der Waals surface area (Å²) in [7, 11) is 0. The number of aromatic amines is 1. The molecule has 7 heteroatoms. The second-order valence-electron chi connectivity index (χ2n) is 7.23. The number of rotatable bonds is 6. The highest BCUT2D eigenvalue weighted by Crippen LogP contribution is 2.28. The summed E-state index contributed by atoms with van der Waals surface area (Å²) in [5.74, 6) is 0.206. The van der Waals surface area contributed by atoms with Crippen molar-refractivity contribution in [3.05, 3.63) is 92.3 Å². The van der Waals surface area contributed by atoms with Gasteiger partial charge in [-0.1, -0.05) is 42.5 Å². The molecule has 6 nitrogen and oxygen atoms in total. The molecule has 2 heterocycles. The highest BCUT2D eigenvalue weighted by Gasteiger charge is 2.21. The van der Waals surface area contributed by atoms with Crippen molar-refractivity contribution in [3.63, 3.8) is 0 Å². The van der Waals surface area contributed by atoms with Gasteiger partial charge in [0.1, 0.15) is 22.8 Å². The Labute approximate surface area is 183 Å². The number of hydrogen-bond acceptors (Lipinski definition) is 6. The number of hydrogen-bond donors (Lipinski definition) is 1. The molecule has 0 spiro atoms. The smallest absolute Gasteiger partial charge is 0.342 e. The molecular weight excluding hydrogens is 412 g/mol. The number of aryl methyl sites for hydroxylation is 2. The summed E-state index contributed by atoms with van der Waals surface area (Å²) in [6.45, 7) is 5.88. The molecular formula is C24H22N2O4S. The molecule has 0 radical (unpaired) electrons. The number of thiophene rings is 1. The molecule has 0 aliphatic heterocycles. The minimum atomic E-state index is -0.727. The van der Waals surface area contributed by atoms with Crippen molar-refractivity contribution in [1.82, 2.24) is 9.97 Å². The van der Waals surface area contributed by atoms with Gasteiger partial charge in [0.25, 0.3) is 5.56 Å². The molecule has 0 aliphatic carbocycles. The third-order valence-corrected chi connectivity index (χ3v) is 6.17. The van der Waals surface area contributed by atoms with Crippen molar-refractivity contribution in [1.29, 1.82) is 0 Å². The molecule has 2 aromatic heterocycles. The molecule has 2 aromatic carbocycles. The lowest BCUT2D eigenvalue weighted by Crippen LogP contribution is -2.17. The topological polar surface area (TPSA) is 81.3 Å². The van der Waals surface area contributed by atoms with E-state index in [0.29, 0.717) is 34.0 Å². The van der Waals surface area contributed by atoms with Crippen LogP contribution in [-0.2, 0) is 11.3 Å². The number of esters is 1. The Bertz CT molecular complexity index is 1290. The van der Waals surface area contributed by atoms with Gasteiger partial charge in [0.2, 0.25) is 0 Å².